The number of nitrogens with zero attached hydrogens (tertiary/aromatic N) is 5. The molecule has 2 saturated heterocycles. The largest absolute Gasteiger partial charge is 0.390 e. The second-order valence-corrected chi connectivity index (χ2v) is 15.6. The highest BCUT2D eigenvalue weighted by Gasteiger charge is 2.55. The zero-order valence-corrected chi connectivity index (χ0v) is 29.7. The van der Waals surface area contributed by atoms with E-state index >= 15 is 0 Å². The molecule has 2 amide bonds. The van der Waals surface area contributed by atoms with Crippen molar-refractivity contribution in [2.24, 2.45) is 5.92 Å². The SMILES string of the molecule is CCCCN1C(=O)[C@@H]([C@H](O)C2CCCCC2)NC(=O)C12CCN(Cc1c(C)nn(-c3ccc(S(=O)(=O)N(CC)CC)cc3)c1C)CC2. The molecule has 2 aliphatic heterocycles. The van der Waals surface area contributed by atoms with Crippen LogP contribution >= 0.6 is 0 Å². The Hall–Kier alpha value is -2.80. The Bertz CT molecular complexity index is 1510. The minimum atomic E-state index is -3.54. The first-order valence-corrected chi connectivity index (χ1v) is 19.1. The number of nitrogens with one attached hydrogen (secondary N) is 1. The van der Waals surface area contributed by atoms with Gasteiger partial charge in [0.25, 0.3) is 0 Å². The maximum atomic E-state index is 14.0. The van der Waals surface area contributed by atoms with Crippen LogP contribution in [0.2, 0.25) is 0 Å². The Labute approximate surface area is 280 Å². The van der Waals surface area contributed by atoms with Gasteiger partial charge in [0.1, 0.15) is 11.6 Å². The van der Waals surface area contributed by atoms with Gasteiger partial charge in [-0.1, -0.05) is 46.5 Å². The summed E-state index contributed by atoms with van der Waals surface area (Å²) in [6.07, 6.45) is 7.03. The molecule has 2 atom stereocenters. The lowest BCUT2D eigenvalue weighted by atomic mass is 9.78. The Kier molecular flexibility index (Phi) is 11.1. The maximum Gasteiger partial charge on any atom is 0.248 e. The average molecular weight is 671 g/mol. The number of aryl methyl sites for hydroxylation is 1. The van der Waals surface area contributed by atoms with E-state index in [0.29, 0.717) is 52.1 Å². The van der Waals surface area contributed by atoms with Gasteiger partial charge < -0.3 is 15.3 Å². The molecular formula is C35H54N6O5S. The number of unbranched alkanes of at least 4 members (excludes halogenated alkanes) is 1. The predicted molar refractivity (Wildman–Crippen MR) is 182 cm³/mol. The summed E-state index contributed by atoms with van der Waals surface area (Å²) in [4.78, 5) is 32.3. The van der Waals surface area contributed by atoms with E-state index < -0.39 is 27.7 Å². The van der Waals surface area contributed by atoms with E-state index in [0.717, 1.165) is 67.6 Å². The van der Waals surface area contributed by atoms with Crippen molar-refractivity contribution in [3.63, 3.8) is 0 Å². The third-order valence-electron chi connectivity index (χ3n) is 10.9. The van der Waals surface area contributed by atoms with E-state index in [1.165, 1.54) is 4.31 Å². The number of aliphatic hydroxyl groups excluding tert-OH is 1. The van der Waals surface area contributed by atoms with Crippen molar-refractivity contribution in [2.75, 3.05) is 32.7 Å². The van der Waals surface area contributed by atoms with Gasteiger partial charge in [0, 0.05) is 50.5 Å². The number of aromatic nitrogens is 2. The summed E-state index contributed by atoms with van der Waals surface area (Å²) in [7, 11) is -3.54. The zero-order chi connectivity index (χ0) is 33.9. The molecule has 2 N–H and O–H groups in total. The highest BCUT2D eigenvalue weighted by atomic mass is 32.2. The lowest BCUT2D eigenvalue weighted by Crippen LogP contribution is -2.75. The summed E-state index contributed by atoms with van der Waals surface area (Å²) in [5.74, 6) is -0.208. The molecule has 12 heteroatoms. The summed E-state index contributed by atoms with van der Waals surface area (Å²) < 4.78 is 29.2. The molecule has 3 heterocycles. The van der Waals surface area contributed by atoms with Crippen LogP contribution in [0.15, 0.2) is 29.2 Å². The molecular weight excluding hydrogens is 616 g/mol. The minimum Gasteiger partial charge on any atom is -0.390 e. The molecule has 0 unspecified atom stereocenters. The molecule has 0 bridgehead atoms. The standard InChI is InChI=1S/C35H54N6O5S/c1-6-9-21-40-33(43)31(32(42)27-13-11-10-12-14-27)36-34(44)35(40)19-22-38(23-20-35)24-30-25(4)37-41(26(30)5)28-15-17-29(18-16-28)47(45,46)39(7-2)8-3/h15-18,27,31-32,42H,6-14,19-24H2,1-5H3,(H,36,44)/t31-,32-/m1/s1. The van der Waals surface area contributed by atoms with Crippen molar-refractivity contribution in [3.8, 4) is 5.69 Å². The quantitative estimate of drug-likeness (QED) is 0.351. The molecule has 11 nitrogen and oxygen atoms in total. The van der Waals surface area contributed by atoms with Gasteiger partial charge in [0.05, 0.1) is 22.4 Å². The number of rotatable bonds is 12. The second-order valence-electron chi connectivity index (χ2n) is 13.6. The molecule has 3 aliphatic rings. The predicted octanol–water partition coefficient (Wildman–Crippen LogP) is 3.92. The van der Waals surface area contributed by atoms with Crippen LogP contribution in [0.5, 0.6) is 0 Å². The van der Waals surface area contributed by atoms with E-state index in [1.54, 1.807) is 24.3 Å². The fourth-order valence-electron chi connectivity index (χ4n) is 7.89. The van der Waals surface area contributed by atoms with Crippen LogP contribution in [0.25, 0.3) is 5.69 Å². The van der Waals surface area contributed by atoms with Gasteiger partial charge in [-0.25, -0.2) is 13.1 Å². The number of benzene rings is 1. The van der Waals surface area contributed by atoms with Crippen LogP contribution in [0, 0.1) is 19.8 Å². The Morgan fingerprint density at radius 2 is 1.66 bits per heavy atom. The molecule has 0 radical (unpaired) electrons. The normalized spacial score (nSPS) is 21.9. The van der Waals surface area contributed by atoms with E-state index in [4.69, 9.17) is 5.10 Å². The van der Waals surface area contributed by atoms with E-state index in [1.807, 2.05) is 37.3 Å². The van der Waals surface area contributed by atoms with E-state index in [9.17, 15) is 23.1 Å². The third-order valence-corrected chi connectivity index (χ3v) is 13.0. The Balaban J connectivity index is 1.29. The lowest BCUT2D eigenvalue weighted by Gasteiger charge is -2.52. The van der Waals surface area contributed by atoms with Crippen LogP contribution in [-0.4, -0.2) is 99.6 Å². The minimum absolute atomic E-state index is 0.0489. The van der Waals surface area contributed by atoms with Crippen molar-refractivity contribution in [3.05, 3.63) is 41.2 Å². The van der Waals surface area contributed by atoms with Crippen LogP contribution in [0.1, 0.15) is 95.5 Å². The molecule has 1 aromatic heterocycles. The maximum absolute atomic E-state index is 14.0. The number of likely N-dealkylation sites (tertiary alicyclic amines) is 1. The number of amides is 2. The Morgan fingerprint density at radius 1 is 1.02 bits per heavy atom. The molecule has 2 aromatic rings. The van der Waals surface area contributed by atoms with Gasteiger partial charge in [-0.05, 0) is 76.1 Å². The number of hydrogen-bond donors (Lipinski definition) is 2. The molecule has 260 valence electrons. The van der Waals surface area contributed by atoms with Gasteiger partial charge in [-0.3, -0.25) is 14.5 Å². The average Bonchev–Trinajstić information content (AvgIpc) is 3.36. The van der Waals surface area contributed by atoms with E-state index in [-0.39, 0.29) is 22.6 Å². The number of carbonyl (C=O) groups is 2. The van der Waals surface area contributed by atoms with Gasteiger partial charge in [-0.15, -0.1) is 0 Å². The van der Waals surface area contributed by atoms with Gasteiger partial charge in [-0.2, -0.15) is 9.40 Å². The molecule has 47 heavy (non-hydrogen) atoms. The van der Waals surface area contributed by atoms with Crippen molar-refractivity contribution in [2.45, 2.75) is 122 Å². The molecule has 3 fully saturated rings. The van der Waals surface area contributed by atoms with Crippen molar-refractivity contribution in [1.29, 1.82) is 0 Å². The first-order chi connectivity index (χ1) is 22.5. The van der Waals surface area contributed by atoms with Gasteiger partial charge in [0.15, 0.2) is 0 Å². The van der Waals surface area contributed by atoms with Crippen LogP contribution in [0.4, 0.5) is 0 Å². The fourth-order valence-corrected chi connectivity index (χ4v) is 9.35. The molecule has 1 aliphatic carbocycles. The molecule has 1 aromatic carbocycles. The molecule has 1 spiro atoms. The van der Waals surface area contributed by atoms with Crippen molar-refractivity contribution in [1.82, 2.24) is 29.2 Å². The first kappa shape index (κ1) is 35.5. The zero-order valence-electron chi connectivity index (χ0n) is 28.9. The smallest absolute Gasteiger partial charge is 0.248 e. The fraction of sp³-hybridized carbons (Fsp3) is 0.686. The summed E-state index contributed by atoms with van der Waals surface area (Å²) in [6, 6.07) is 6.01. The van der Waals surface area contributed by atoms with Gasteiger partial charge >= 0.3 is 0 Å². The second kappa shape index (κ2) is 14.8. The monoisotopic (exact) mass is 670 g/mol. The first-order valence-electron chi connectivity index (χ1n) is 17.7. The number of piperazine rings is 1. The third kappa shape index (κ3) is 6.89. The summed E-state index contributed by atoms with van der Waals surface area (Å²) in [5, 5.41) is 19.1. The topological polar surface area (TPSA) is 128 Å². The summed E-state index contributed by atoms with van der Waals surface area (Å²) in [5.41, 5.74) is 2.88. The number of sulfonamides is 1. The number of aliphatic hydroxyl groups is 1. The van der Waals surface area contributed by atoms with Crippen LogP contribution < -0.4 is 5.32 Å². The van der Waals surface area contributed by atoms with Crippen LogP contribution in [-0.2, 0) is 26.2 Å². The van der Waals surface area contributed by atoms with Crippen LogP contribution in [0.3, 0.4) is 0 Å². The van der Waals surface area contributed by atoms with Crippen molar-refractivity contribution >= 4 is 21.8 Å². The highest BCUT2D eigenvalue weighted by Crippen LogP contribution is 2.37. The Morgan fingerprint density at radius 3 is 2.26 bits per heavy atom. The highest BCUT2D eigenvalue weighted by molar-refractivity contribution is 7.89. The molecule has 1 saturated carbocycles. The lowest BCUT2D eigenvalue weighted by molar-refractivity contribution is -0.166. The van der Waals surface area contributed by atoms with E-state index in [2.05, 4.69) is 17.1 Å². The number of hydrogen-bond acceptors (Lipinski definition) is 7. The van der Waals surface area contributed by atoms with Gasteiger partial charge in [0.2, 0.25) is 21.8 Å². The summed E-state index contributed by atoms with van der Waals surface area (Å²) >= 11 is 0. The molecule has 5 rings (SSSR count). The van der Waals surface area contributed by atoms with Crippen molar-refractivity contribution < 1.29 is 23.1 Å². The number of carbonyl (C=O) groups excluding carboxylic acids is 2. The number of piperidine rings is 1. The summed E-state index contributed by atoms with van der Waals surface area (Å²) in [6.45, 7) is 13.1.